The van der Waals surface area contributed by atoms with Crippen LogP contribution in [0.1, 0.15) is 74.9 Å². The molecule has 2 aromatic heterocycles. The van der Waals surface area contributed by atoms with Crippen LogP contribution >= 0.6 is 24.8 Å². The Kier molecular flexibility index (Phi) is 19.5. The summed E-state index contributed by atoms with van der Waals surface area (Å²) in [7, 11) is 0. The molecule has 10 rings (SSSR count). The molecule has 2 heterocycles. The minimum atomic E-state index is 0. The van der Waals surface area contributed by atoms with Gasteiger partial charge in [0.15, 0.2) is 0 Å². The number of furan rings is 2. The number of rotatable bonds is 6. The van der Waals surface area contributed by atoms with E-state index in [-0.39, 0.29) is 50.5 Å². The normalized spacial score (nSPS) is 10.9. The van der Waals surface area contributed by atoms with E-state index in [4.69, 9.17) is 8.83 Å². The summed E-state index contributed by atoms with van der Waals surface area (Å²) in [4.78, 5) is 0. The Labute approximate surface area is 447 Å². The molecule has 0 aliphatic heterocycles. The molecule has 0 spiro atoms. The molecule has 2 radical (unpaired) electrons. The minimum absolute atomic E-state index is 0. The van der Waals surface area contributed by atoms with Gasteiger partial charge in [0.05, 0.1) is 11.5 Å². The molecule has 6 heteroatoms. The van der Waals surface area contributed by atoms with Gasteiger partial charge < -0.3 is 23.7 Å². The van der Waals surface area contributed by atoms with Crippen LogP contribution in [0.2, 0.25) is 0 Å². The van der Waals surface area contributed by atoms with Crippen LogP contribution in [-0.4, -0.2) is 6.88 Å². The fraction of sp³-hybridized carbons (Fsp3) is 0.188. The Balaban J connectivity index is 0.000000279. The molecule has 0 N–H and O–H groups in total. The van der Waals surface area contributed by atoms with E-state index in [1.807, 2.05) is 36.4 Å². The second kappa shape index (κ2) is 23.8. The summed E-state index contributed by atoms with van der Waals surface area (Å²) < 4.78 is 12.5. The Bertz CT molecular complexity index is 3040. The quantitative estimate of drug-likeness (QED) is 0.123. The van der Waals surface area contributed by atoms with Crippen LogP contribution < -0.4 is 0 Å². The number of hydrogen-bond donors (Lipinski definition) is 0. The summed E-state index contributed by atoms with van der Waals surface area (Å²) in [5.41, 5.74) is 17.9. The Morgan fingerprint density at radius 2 is 0.714 bits per heavy atom. The van der Waals surface area contributed by atoms with Crippen molar-refractivity contribution in [1.82, 2.24) is 0 Å². The number of fused-ring (bicyclic) bond motifs is 2. The topological polar surface area (TPSA) is 26.3 Å². The molecule has 360 valence electrons. The molecule has 0 unspecified atom stereocenters. The van der Waals surface area contributed by atoms with E-state index in [9.17, 15) is 0 Å². The maximum atomic E-state index is 6.24. The Morgan fingerprint density at radius 3 is 1.03 bits per heavy atom. The van der Waals surface area contributed by atoms with E-state index in [0.29, 0.717) is 0 Å². The van der Waals surface area contributed by atoms with Crippen LogP contribution in [0.4, 0.5) is 0 Å². The van der Waals surface area contributed by atoms with Crippen molar-refractivity contribution in [2.45, 2.75) is 80.1 Å². The molecule has 0 aliphatic carbocycles. The van der Waals surface area contributed by atoms with E-state index in [1.54, 1.807) is 0 Å². The van der Waals surface area contributed by atoms with Gasteiger partial charge in [0.25, 0.3) is 0 Å². The van der Waals surface area contributed by atoms with Crippen LogP contribution in [-0.2, 0) is 34.2 Å². The molecule has 0 bridgehead atoms. The molecule has 0 amide bonds. The number of halogens is 2. The molecular formula is C64H66Cl2O2SiZr-4. The standard InChI is InChI=1S/2C31H29O.2CH3.2ClH.Si.Zr/c2*1-20-17-24-18-25(29-16-15-28(32-29)22-9-7-6-8-10-22)19-27(24)30(21(20)2)23-11-13-26(14-12-23)31(3,4)5;;;;;;/h2*6-19H,1-5H3;2*1H3;2*1H;;/q4*-1;;;;. The summed E-state index contributed by atoms with van der Waals surface area (Å²) in [6.07, 6.45) is 0. The van der Waals surface area contributed by atoms with E-state index in [2.05, 4.69) is 210 Å². The molecule has 70 heavy (non-hydrogen) atoms. The molecule has 0 saturated heterocycles. The maximum absolute atomic E-state index is 6.24. The molecule has 8 aromatic carbocycles. The van der Waals surface area contributed by atoms with Crippen molar-refractivity contribution in [1.29, 1.82) is 0 Å². The van der Waals surface area contributed by atoms with Crippen molar-refractivity contribution >= 4 is 53.2 Å². The molecule has 0 fully saturated rings. The monoisotopic (exact) mass is 1050 g/mol. The first-order valence-electron chi connectivity index (χ1n) is 22.8. The molecule has 10 aromatic rings. The fourth-order valence-corrected chi connectivity index (χ4v) is 9.01. The third-order valence-electron chi connectivity index (χ3n) is 13.0. The van der Waals surface area contributed by atoms with Gasteiger partial charge in [-0.1, -0.05) is 184 Å². The second-order valence-electron chi connectivity index (χ2n) is 19.6. The van der Waals surface area contributed by atoms with E-state index in [0.717, 1.165) is 45.3 Å². The zero-order valence-electron chi connectivity index (χ0n) is 42.8. The second-order valence-corrected chi connectivity index (χ2v) is 19.6. The van der Waals surface area contributed by atoms with Crippen LogP contribution in [0, 0.1) is 42.5 Å². The zero-order valence-corrected chi connectivity index (χ0v) is 47.9. The van der Waals surface area contributed by atoms with Gasteiger partial charge in [0.1, 0.15) is 11.5 Å². The molecular weight excluding hydrogens is 991 g/mol. The van der Waals surface area contributed by atoms with Crippen molar-refractivity contribution in [2.75, 3.05) is 0 Å². The summed E-state index contributed by atoms with van der Waals surface area (Å²) in [5, 5.41) is 5.08. The Hall–Kier alpha value is -5.22. The first-order chi connectivity index (χ1) is 31.6. The summed E-state index contributed by atoms with van der Waals surface area (Å²) in [6, 6.07) is 60.6. The van der Waals surface area contributed by atoms with Crippen molar-refractivity contribution in [3.63, 3.8) is 0 Å². The van der Waals surface area contributed by atoms with Gasteiger partial charge in [0.2, 0.25) is 0 Å². The van der Waals surface area contributed by atoms with Gasteiger partial charge >= 0.3 is 30.2 Å². The third kappa shape index (κ3) is 12.1. The van der Waals surface area contributed by atoms with Gasteiger partial charge in [-0.15, -0.1) is 82.8 Å². The zero-order chi connectivity index (χ0) is 46.9. The van der Waals surface area contributed by atoms with Gasteiger partial charge in [0, 0.05) is 11.1 Å². The van der Waals surface area contributed by atoms with Gasteiger partial charge in [-0.3, -0.25) is 0 Å². The average Bonchev–Trinajstić information content (AvgIpc) is 4.16. The first-order valence-corrected chi connectivity index (χ1v) is 27.0. The fourth-order valence-electron chi connectivity index (χ4n) is 9.01. The summed E-state index contributed by atoms with van der Waals surface area (Å²) in [6.45, 7) is 25.5. The van der Waals surface area contributed by atoms with Crippen LogP contribution in [0.5, 0.6) is 0 Å². The summed E-state index contributed by atoms with van der Waals surface area (Å²) in [5.74, 6) is 3.61. The number of aryl methyl sites for hydroxylation is 2. The SMILES string of the molecule is Cc1cc2[cH-]c(-c3ccc(-c4ccccc4)o3)cc2c(-c2ccc(C(C)(C)C)cc2)c1C.Cc1cc2[cH-]c(-c3ccc(-c4ccccc4)o3)cc2c(-c2ccc(C(C)(C)C)cc2)c1C.Cl.Cl.[CH3-].[CH3-].[Si]=[Zr]. The van der Waals surface area contributed by atoms with E-state index >= 15 is 0 Å². The van der Waals surface area contributed by atoms with Crippen molar-refractivity contribution in [2.24, 2.45) is 0 Å². The predicted molar refractivity (Wildman–Crippen MR) is 306 cm³/mol. The van der Waals surface area contributed by atoms with Crippen LogP contribution in [0.3, 0.4) is 0 Å². The van der Waals surface area contributed by atoms with Gasteiger partial charge in [-0.2, -0.15) is 0 Å². The number of benzene rings is 6. The van der Waals surface area contributed by atoms with Crippen molar-refractivity contribution in [3.8, 4) is 67.5 Å². The van der Waals surface area contributed by atoms with Crippen molar-refractivity contribution < 1.29 is 32.2 Å². The van der Waals surface area contributed by atoms with Gasteiger partial charge in [-0.05, 0) is 96.2 Å². The number of hydrogen-bond acceptors (Lipinski definition) is 2. The van der Waals surface area contributed by atoms with E-state index in [1.165, 1.54) is 101 Å². The van der Waals surface area contributed by atoms with Crippen LogP contribution in [0.25, 0.3) is 89.1 Å². The third-order valence-corrected chi connectivity index (χ3v) is 13.0. The average molecular weight is 1060 g/mol. The predicted octanol–water partition coefficient (Wildman–Crippen LogP) is 19.5. The Morgan fingerprint density at radius 1 is 0.400 bits per heavy atom. The first kappa shape index (κ1) is 57.4. The van der Waals surface area contributed by atoms with Gasteiger partial charge in [-0.25, -0.2) is 0 Å². The molecule has 0 aliphatic rings. The van der Waals surface area contributed by atoms with Crippen molar-refractivity contribution in [3.05, 3.63) is 218 Å². The van der Waals surface area contributed by atoms with E-state index < -0.39 is 0 Å². The molecule has 0 atom stereocenters. The molecule has 0 saturated carbocycles. The van der Waals surface area contributed by atoms with Crippen LogP contribution in [0.15, 0.2) is 179 Å². The summed E-state index contributed by atoms with van der Waals surface area (Å²) >= 11 is 1.36. The molecule has 2 nitrogen and oxygen atoms in total.